The summed E-state index contributed by atoms with van der Waals surface area (Å²) in [7, 11) is 4.28. The van der Waals surface area contributed by atoms with E-state index in [-0.39, 0.29) is 42.3 Å². The quantitative estimate of drug-likeness (QED) is 0.482. The Morgan fingerprint density at radius 1 is 1.03 bits per heavy atom. The van der Waals surface area contributed by atoms with Gasteiger partial charge >= 0.3 is 0 Å². The summed E-state index contributed by atoms with van der Waals surface area (Å²) in [6.07, 6.45) is 6.06. The van der Waals surface area contributed by atoms with Crippen molar-refractivity contribution in [1.82, 2.24) is 15.5 Å². The Kier molecular flexibility index (Phi) is 9.54. The molecule has 0 heterocycles. The molecule has 184 valence electrons. The highest BCUT2D eigenvalue weighted by Gasteiger charge is 2.37. The molecule has 2 aromatic rings. The van der Waals surface area contributed by atoms with Crippen molar-refractivity contribution in [2.75, 3.05) is 14.1 Å². The summed E-state index contributed by atoms with van der Waals surface area (Å²) in [6.45, 7) is 2.05. The average Bonchev–Trinajstić information content (AvgIpc) is 2.83. The second kappa shape index (κ2) is 12.4. The number of carbonyl (C=O) groups is 2. The van der Waals surface area contributed by atoms with E-state index >= 15 is 0 Å². The largest absolute Gasteiger partial charge is 0.353 e. The molecule has 2 amide bonds. The molecule has 1 aliphatic rings. The van der Waals surface area contributed by atoms with Crippen molar-refractivity contribution in [2.24, 2.45) is 0 Å². The number of halogens is 1. The summed E-state index contributed by atoms with van der Waals surface area (Å²) in [5.41, 5.74) is 2.40. The highest BCUT2D eigenvalue weighted by atomic mass is 35.5. The zero-order valence-corrected chi connectivity index (χ0v) is 21.4. The molecular formula is C28H38ClN3O2. The summed E-state index contributed by atoms with van der Waals surface area (Å²) >= 11 is 6.20. The van der Waals surface area contributed by atoms with Crippen molar-refractivity contribution >= 4 is 23.4 Å². The minimum Gasteiger partial charge on any atom is -0.353 e. The third kappa shape index (κ3) is 7.31. The second-order valence-corrected chi connectivity index (χ2v) is 10.1. The van der Waals surface area contributed by atoms with Crippen molar-refractivity contribution < 1.29 is 9.59 Å². The van der Waals surface area contributed by atoms with E-state index in [9.17, 15) is 9.59 Å². The number of nitrogens with zero attached hydrogens (tertiary/aromatic N) is 1. The zero-order chi connectivity index (χ0) is 24.6. The highest BCUT2D eigenvalue weighted by molar-refractivity contribution is 6.30. The first-order valence-corrected chi connectivity index (χ1v) is 12.7. The Morgan fingerprint density at radius 2 is 1.71 bits per heavy atom. The van der Waals surface area contributed by atoms with Crippen LogP contribution in [0, 0.1) is 0 Å². The first kappa shape index (κ1) is 26.2. The molecule has 1 fully saturated rings. The van der Waals surface area contributed by atoms with Crippen LogP contribution in [-0.4, -0.2) is 42.4 Å². The van der Waals surface area contributed by atoms with E-state index in [2.05, 4.69) is 35.7 Å². The average molecular weight is 484 g/mol. The van der Waals surface area contributed by atoms with Crippen LogP contribution >= 0.6 is 11.6 Å². The zero-order valence-electron chi connectivity index (χ0n) is 20.6. The van der Waals surface area contributed by atoms with Gasteiger partial charge in [0.2, 0.25) is 11.8 Å². The number of hydrogen-bond donors (Lipinski definition) is 2. The molecule has 0 saturated heterocycles. The lowest BCUT2D eigenvalue weighted by Crippen LogP contribution is -2.52. The van der Waals surface area contributed by atoms with E-state index in [0.717, 1.165) is 49.1 Å². The van der Waals surface area contributed by atoms with Crippen LogP contribution in [0.1, 0.15) is 69.0 Å². The van der Waals surface area contributed by atoms with Crippen LogP contribution in [0.25, 0.3) is 0 Å². The Hall–Kier alpha value is -2.37. The van der Waals surface area contributed by atoms with Gasteiger partial charge in [-0.25, -0.2) is 0 Å². The number of amides is 2. The minimum atomic E-state index is -0.0809. The molecule has 0 aliphatic heterocycles. The highest BCUT2D eigenvalue weighted by Crippen LogP contribution is 2.36. The summed E-state index contributed by atoms with van der Waals surface area (Å²) in [6, 6.07) is 18.2. The molecule has 0 spiro atoms. The van der Waals surface area contributed by atoms with Crippen molar-refractivity contribution in [3.8, 4) is 0 Å². The van der Waals surface area contributed by atoms with Crippen molar-refractivity contribution in [1.29, 1.82) is 0 Å². The second-order valence-electron chi connectivity index (χ2n) is 9.71. The summed E-state index contributed by atoms with van der Waals surface area (Å²) < 4.78 is 0. The molecule has 2 aromatic carbocycles. The Bertz CT molecular complexity index is 940. The topological polar surface area (TPSA) is 61.4 Å². The minimum absolute atomic E-state index is 0.0197. The number of hydrogen-bond acceptors (Lipinski definition) is 3. The van der Waals surface area contributed by atoms with E-state index < -0.39 is 0 Å². The first-order valence-electron chi connectivity index (χ1n) is 12.4. The van der Waals surface area contributed by atoms with Gasteiger partial charge in [0.1, 0.15) is 0 Å². The molecule has 1 aliphatic carbocycles. The van der Waals surface area contributed by atoms with Crippen LogP contribution in [0.5, 0.6) is 0 Å². The van der Waals surface area contributed by atoms with Gasteiger partial charge in [-0.05, 0) is 75.9 Å². The summed E-state index contributed by atoms with van der Waals surface area (Å²) in [4.78, 5) is 27.3. The normalized spacial score (nSPS) is 21.1. The van der Waals surface area contributed by atoms with Crippen LogP contribution in [-0.2, 0) is 16.0 Å². The fourth-order valence-corrected chi connectivity index (χ4v) is 5.22. The molecule has 3 rings (SSSR count). The van der Waals surface area contributed by atoms with E-state index in [1.165, 1.54) is 5.56 Å². The van der Waals surface area contributed by atoms with Gasteiger partial charge in [0.15, 0.2) is 0 Å². The van der Waals surface area contributed by atoms with Crippen LogP contribution in [0.15, 0.2) is 54.6 Å². The SMILES string of the molecule is CCC(NC(=O)CCC(=O)NC1CCC(Cc2cccc(Cl)c2)(N(C)C)CC1)c1ccccc1. The van der Waals surface area contributed by atoms with Crippen molar-refractivity contribution in [2.45, 2.75) is 75.9 Å². The first-order chi connectivity index (χ1) is 16.3. The third-order valence-corrected chi connectivity index (χ3v) is 7.41. The molecule has 0 bridgehead atoms. The number of likely N-dealkylation sites (N-methyl/N-ethyl adjacent to an activating group) is 1. The van der Waals surface area contributed by atoms with Crippen molar-refractivity contribution in [3.05, 3.63) is 70.7 Å². The van der Waals surface area contributed by atoms with Gasteiger partial charge in [-0.3, -0.25) is 9.59 Å². The molecule has 6 heteroatoms. The molecule has 2 N–H and O–H groups in total. The fraction of sp³-hybridized carbons (Fsp3) is 0.500. The Labute approximate surface area is 209 Å². The molecule has 34 heavy (non-hydrogen) atoms. The smallest absolute Gasteiger partial charge is 0.220 e. The Balaban J connectivity index is 1.45. The maximum Gasteiger partial charge on any atom is 0.220 e. The number of rotatable bonds is 10. The van der Waals surface area contributed by atoms with Gasteiger partial charge in [0.25, 0.3) is 0 Å². The van der Waals surface area contributed by atoms with Gasteiger partial charge in [0, 0.05) is 29.4 Å². The maximum atomic E-state index is 12.5. The molecule has 0 radical (unpaired) electrons. The van der Waals surface area contributed by atoms with E-state index in [1.54, 1.807) is 0 Å². The number of nitrogens with one attached hydrogen (secondary N) is 2. The lowest BCUT2D eigenvalue weighted by Gasteiger charge is -2.45. The van der Waals surface area contributed by atoms with E-state index in [1.807, 2.05) is 55.5 Å². The predicted molar refractivity (Wildman–Crippen MR) is 139 cm³/mol. The standard InChI is InChI=1S/C28H38ClN3O2/c1-4-25(22-10-6-5-7-11-22)31-27(34)14-13-26(33)30-24-15-17-28(18-16-24,32(2)3)20-21-9-8-12-23(29)19-21/h5-12,19,24-25H,4,13-18,20H2,1-3H3,(H,30,33)(H,31,34). The molecule has 5 nitrogen and oxygen atoms in total. The van der Waals surface area contributed by atoms with E-state index in [4.69, 9.17) is 11.6 Å². The summed E-state index contributed by atoms with van der Waals surface area (Å²) in [5.74, 6) is -0.122. The predicted octanol–water partition coefficient (Wildman–Crippen LogP) is 5.29. The lowest BCUT2D eigenvalue weighted by molar-refractivity contribution is -0.127. The number of benzene rings is 2. The van der Waals surface area contributed by atoms with Gasteiger partial charge in [-0.1, -0.05) is 61.0 Å². The molecular weight excluding hydrogens is 446 g/mol. The fourth-order valence-electron chi connectivity index (χ4n) is 5.01. The lowest BCUT2D eigenvalue weighted by atomic mass is 9.75. The molecule has 1 saturated carbocycles. The van der Waals surface area contributed by atoms with Crippen LogP contribution in [0.4, 0.5) is 0 Å². The monoisotopic (exact) mass is 483 g/mol. The molecule has 1 atom stereocenters. The third-order valence-electron chi connectivity index (χ3n) is 7.18. The van der Waals surface area contributed by atoms with Crippen molar-refractivity contribution in [3.63, 3.8) is 0 Å². The van der Waals surface area contributed by atoms with Crippen LogP contribution in [0.2, 0.25) is 5.02 Å². The molecule has 0 aromatic heterocycles. The summed E-state index contributed by atoms with van der Waals surface area (Å²) in [5, 5.41) is 6.99. The van der Waals surface area contributed by atoms with Crippen LogP contribution in [0.3, 0.4) is 0 Å². The maximum absolute atomic E-state index is 12.5. The molecule has 1 unspecified atom stereocenters. The Morgan fingerprint density at radius 3 is 2.32 bits per heavy atom. The van der Waals surface area contributed by atoms with E-state index in [0.29, 0.717) is 0 Å². The van der Waals surface area contributed by atoms with Gasteiger partial charge < -0.3 is 15.5 Å². The van der Waals surface area contributed by atoms with Gasteiger partial charge in [0.05, 0.1) is 6.04 Å². The number of carbonyl (C=O) groups excluding carboxylic acids is 2. The van der Waals surface area contributed by atoms with Gasteiger partial charge in [-0.15, -0.1) is 0 Å². The van der Waals surface area contributed by atoms with Gasteiger partial charge in [-0.2, -0.15) is 0 Å². The van der Waals surface area contributed by atoms with Crippen LogP contribution < -0.4 is 10.6 Å².